The molecule has 5 rings (SSSR count). The van der Waals surface area contributed by atoms with Crippen molar-refractivity contribution >= 4 is 16.8 Å². The van der Waals surface area contributed by atoms with E-state index >= 15 is 0 Å². The average Bonchev–Trinajstić information content (AvgIpc) is 3.32. The Balaban J connectivity index is 1.54. The first-order valence-electron chi connectivity index (χ1n) is 12.4. The number of carbonyl (C=O) groups is 1. The molecule has 0 N–H and O–H groups in total. The van der Waals surface area contributed by atoms with Gasteiger partial charge >= 0.3 is 6.18 Å². The Labute approximate surface area is 235 Å². The number of ether oxygens (including phenoxy) is 1. The summed E-state index contributed by atoms with van der Waals surface area (Å²) >= 11 is 0. The predicted molar refractivity (Wildman–Crippen MR) is 141 cm³/mol. The second-order valence-electron chi connectivity index (χ2n) is 9.19. The minimum atomic E-state index is -4.74. The number of hydroxylamine groups is 2. The van der Waals surface area contributed by atoms with E-state index in [1.807, 2.05) is 0 Å². The van der Waals surface area contributed by atoms with E-state index in [1.165, 1.54) is 32.4 Å². The van der Waals surface area contributed by atoms with Gasteiger partial charge in [-0.05, 0) is 48.5 Å². The number of aromatic nitrogens is 2. The summed E-state index contributed by atoms with van der Waals surface area (Å²) in [6.45, 7) is -0.603. The molecule has 0 aliphatic rings. The van der Waals surface area contributed by atoms with Crippen LogP contribution in [0.4, 0.5) is 26.3 Å². The summed E-state index contributed by atoms with van der Waals surface area (Å²) in [5, 5.41) is 5.23. The molecule has 1 aromatic heterocycles. The van der Waals surface area contributed by atoms with Gasteiger partial charge in [-0.2, -0.15) is 18.3 Å². The minimum absolute atomic E-state index is 0.0925. The number of halogens is 6. The molecule has 4 aromatic carbocycles. The van der Waals surface area contributed by atoms with Crippen LogP contribution >= 0.6 is 0 Å². The van der Waals surface area contributed by atoms with Crippen LogP contribution < -0.4 is 4.74 Å². The molecule has 6 nitrogen and oxygen atoms in total. The van der Waals surface area contributed by atoms with Crippen LogP contribution in [0.15, 0.2) is 78.9 Å². The molecule has 0 bridgehead atoms. The summed E-state index contributed by atoms with van der Waals surface area (Å²) in [4.78, 5) is 17.3. The van der Waals surface area contributed by atoms with Crippen LogP contribution in [0.5, 0.6) is 11.5 Å². The van der Waals surface area contributed by atoms with Gasteiger partial charge in [-0.15, -0.1) is 0 Å². The van der Waals surface area contributed by atoms with Crippen molar-refractivity contribution in [3.8, 4) is 22.8 Å². The molecular formula is C30H21F6N3O3. The van der Waals surface area contributed by atoms with Gasteiger partial charge < -0.3 is 4.74 Å². The second kappa shape index (κ2) is 11.2. The molecule has 0 saturated carbocycles. The summed E-state index contributed by atoms with van der Waals surface area (Å²) < 4.78 is 90.8. The second-order valence-corrected chi connectivity index (χ2v) is 9.19. The van der Waals surface area contributed by atoms with E-state index in [2.05, 4.69) is 5.10 Å². The lowest BCUT2D eigenvalue weighted by Crippen LogP contribution is -2.25. The maximum Gasteiger partial charge on any atom is 0.418 e. The number of nitrogens with zero attached hydrogens (tertiary/aromatic N) is 3. The van der Waals surface area contributed by atoms with Crippen molar-refractivity contribution in [3.05, 3.63) is 113 Å². The van der Waals surface area contributed by atoms with Crippen molar-refractivity contribution in [1.82, 2.24) is 14.8 Å². The third-order valence-electron chi connectivity index (χ3n) is 6.49. The summed E-state index contributed by atoms with van der Waals surface area (Å²) in [5.74, 6) is -3.25. The zero-order chi connectivity index (χ0) is 30.2. The number of alkyl halides is 3. The Bertz CT molecular complexity index is 1760. The van der Waals surface area contributed by atoms with E-state index in [0.29, 0.717) is 34.8 Å². The summed E-state index contributed by atoms with van der Waals surface area (Å²) in [6.07, 6.45) is -4.74. The van der Waals surface area contributed by atoms with Gasteiger partial charge in [0.2, 0.25) is 0 Å². The van der Waals surface area contributed by atoms with Crippen molar-refractivity contribution in [2.45, 2.75) is 12.7 Å². The number of carbonyl (C=O) groups excluding carboxylic acids is 1. The first-order chi connectivity index (χ1) is 20.0. The van der Waals surface area contributed by atoms with E-state index < -0.39 is 52.7 Å². The molecule has 0 atom stereocenters. The van der Waals surface area contributed by atoms with Gasteiger partial charge in [-0.25, -0.2) is 18.2 Å². The molecule has 12 heteroatoms. The average molecular weight is 586 g/mol. The number of rotatable bonds is 7. The van der Waals surface area contributed by atoms with Crippen molar-refractivity contribution < 1.29 is 40.7 Å². The van der Waals surface area contributed by atoms with Crippen LogP contribution in [0.3, 0.4) is 0 Å². The molecule has 0 spiro atoms. The SMILES string of the molecule is CON(C)C(=O)c1cccc(Oc2ccc(-c3c4cccc(C(F)(F)F)c4nn3Cc3c(F)cc(F)cc3F)cc2)c1. The zero-order valence-corrected chi connectivity index (χ0v) is 22.0. The number of hydrogen-bond acceptors (Lipinski definition) is 4. The third kappa shape index (κ3) is 5.66. The standard InChI is InChI=1S/C30H21F6N3O3/c1-38(41-2)29(40)18-5-3-6-21(13-18)42-20-11-9-17(10-12-20)28-22-7-4-8-24(30(34,35)36)27(22)37-39(28)16-23-25(32)14-19(31)15-26(23)33/h3-15H,16H2,1-2H3. The van der Waals surface area contributed by atoms with Crippen LogP contribution in [0.1, 0.15) is 21.5 Å². The Morgan fingerprint density at radius 1 is 0.905 bits per heavy atom. The third-order valence-corrected chi connectivity index (χ3v) is 6.49. The largest absolute Gasteiger partial charge is 0.457 e. The van der Waals surface area contributed by atoms with Crippen LogP contribution in [-0.4, -0.2) is 34.9 Å². The van der Waals surface area contributed by atoms with Crippen LogP contribution in [0.25, 0.3) is 22.2 Å². The summed E-state index contributed by atoms with van der Waals surface area (Å²) in [6, 6.07) is 17.0. The lowest BCUT2D eigenvalue weighted by Gasteiger charge is -2.14. The fourth-order valence-electron chi connectivity index (χ4n) is 4.45. The molecular weight excluding hydrogens is 564 g/mol. The Hall–Kier alpha value is -4.84. The van der Waals surface area contributed by atoms with Crippen molar-refractivity contribution in [1.29, 1.82) is 0 Å². The monoisotopic (exact) mass is 585 g/mol. The number of benzene rings is 4. The van der Waals surface area contributed by atoms with Gasteiger partial charge in [0.05, 0.1) is 24.9 Å². The van der Waals surface area contributed by atoms with E-state index in [4.69, 9.17) is 9.57 Å². The topological polar surface area (TPSA) is 56.6 Å². The van der Waals surface area contributed by atoms with Gasteiger partial charge in [0.1, 0.15) is 34.5 Å². The Morgan fingerprint density at radius 2 is 1.57 bits per heavy atom. The minimum Gasteiger partial charge on any atom is -0.457 e. The van der Waals surface area contributed by atoms with Gasteiger partial charge in [0, 0.05) is 41.3 Å². The molecule has 0 unspecified atom stereocenters. The maximum absolute atomic E-state index is 14.5. The van der Waals surface area contributed by atoms with E-state index in [0.717, 1.165) is 15.8 Å². The summed E-state index contributed by atoms with van der Waals surface area (Å²) in [5.41, 5.74) is -1.16. The molecule has 0 aliphatic heterocycles. The Kier molecular flexibility index (Phi) is 7.65. The van der Waals surface area contributed by atoms with E-state index in [-0.39, 0.29) is 11.1 Å². The molecule has 42 heavy (non-hydrogen) atoms. The number of amides is 1. The van der Waals surface area contributed by atoms with Crippen LogP contribution in [0, 0.1) is 17.5 Å². The highest BCUT2D eigenvalue weighted by molar-refractivity contribution is 5.95. The van der Waals surface area contributed by atoms with Gasteiger partial charge in [0.25, 0.3) is 5.91 Å². The van der Waals surface area contributed by atoms with Crippen LogP contribution in [-0.2, 0) is 17.6 Å². The molecule has 216 valence electrons. The lowest BCUT2D eigenvalue weighted by atomic mass is 10.0. The van der Waals surface area contributed by atoms with Crippen molar-refractivity contribution in [2.75, 3.05) is 14.2 Å². The van der Waals surface area contributed by atoms with Crippen molar-refractivity contribution in [2.24, 2.45) is 0 Å². The molecule has 1 heterocycles. The first kappa shape index (κ1) is 28.7. The zero-order valence-electron chi connectivity index (χ0n) is 22.0. The first-order valence-corrected chi connectivity index (χ1v) is 12.4. The fourth-order valence-corrected chi connectivity index (χ4v) is 4.45. The molecule has 0 radical (unpaired) electrons. The molecule has 0 fully saturated rings. The molecule has 5 aromatic rings. The molecule has 0 aliphatic carbocycles. The van der Waals surface area contributed by atoms with Gasteiger partial charge in [-0.1, -0.05) is 18.2 Å². The fraction of sp³-hybridized carbons (Fsp3) is 0.133. The lowest BCUT2D eigenvalue weighted by molar-refractivity contribution is -0.136. The number of fused-ring (bicyclic) bond motifs is 1. The van der Waals surface area contributed by atoms with Crippen LogP contribution in [0.2, 0.25) is 0 Å². The van der Waals surface area contributed by atoms with Gasteiger partial charge in [-0.3, -0.25) is 14.3 Å². The highest BCUT2D eigenvalue weighted by Crippen LogP contribution is 2.39. The molecule has 1 amide bonds. The normalized spacial score (nSPS) is 11.6. The number of hydrogen-bond donors (Lipinski definition) is 0. The predicted octanol–water partition coefficient (Wildman–Crippen LogP) is 7.61. The highest BCUT2D eigenvalue weighted by Gasteiger charge is 2.34. The van der Waals surface area contributed by atoms with Crippen molar-refractivity contribution in [3.63, 3.8) is 0 Å². The highest BCUT2D eigenvalue weighted by atomic mass is 19.4. The van der Waals surface area contributed by atoms with E-state index in [1.54, 1.807) is 42.5 Å². The smallest absolute Gasteiger partial charge is 0.418 e. The summed E-state index contributed by atoms with van der Waals surface area (Å²) in [7, 11) is 2.81. The quantitative estimate of drug-likeness (QED) is 0.146. The Morgan fingerprint density at radius 3 is 2.21 bits per heavy atom. The maximum atomic E-state index is 14.5. The van der Waals surface area contributed by atoms with E-state index in [9.17, 15) is 31.1 Å². The van der Waals surface area contributed by atoms with Gasteiger partial charge in [0.15, 0.2) is 0 Å². The molecule has 0 saturated heterocycles.